The summed E-state index contributed by atoms with van der Waals surface area (Å²) in [5, 5.41) is 0. The van der Waals surface area contributed by atoms with Gasteiger partial charge in [0.05, 0.1) is 0 Å². The van der Waals surface area contributed by atoms with Crippen LogP contribution < -0.4 is 5.73 Å². The smallest absolute Gasteiger partial charge is 0.124 e. The number of hydrogen-bond acceptors (Lipinski definition) is 2. The lowest BCUT2D eigenvalue weighted by atomic mass is 9.85. The third-order valence-corrected chi connectivity index (χ3v) is 5.05. The molecule has 1 aliphatic heterocycles. The fourth-order valence-corrected chi connectivity index (χ4v) is 3.62. The molecule has 1 heterocycles. The number of likely N-dealkylation sites (tertiary alicyclic amines) is 1. The minimum atomic E-state index is -0.214. The largest absolute Gasteiger partial charge is 0.329 e. The molecule has 0 amide bonds. The Hall–Kier alpha value is -0.450. The van der Waals surface area contributed by atoms with Crippen LogP contribution in [0.25, 0.3) is 0 Å². The number of hydrogen-bond donors (Lipinski definition) is 1. The Morgan fingerprint density at radius 2 is 2.10 bits per heavy atom. The van der Waals surface area contributed by atoms with Crippen LogP contribution >= 0.6 is 15.9 Å². The fraction of sp³-hybridized carbons (Fsp3) is 0.625. The molecule has 0 aliphatic carbocycles. The SMILES string of the molecule is CC1(C)CCCN(C(CN)c2ccc(F)cc2Br)CC1. The first-order chi connectivity index (χ1) is 9.43. The standard InChI is InChI=1S/C16H24BrFN2/c1-16(2)6-3-8-20(9-7-16)15(11-19)13-5-4-12(18)10-14(13)17/h4-5,10,15H,3,6-9,11,19H2,1-2H3. The van der Waals surface area contributed by atoms with Crippen molar-refractivity contribution in [3.05, 3.63) is 34.1 Å². The summed E-state index contributed by atoms with van der Waals surface area (Å²) in [5.74, 6) is -0.214. The van der Waals surface area contributed by atoms with Crippen molar-refractivity contribution in [1.29, 1.82) is 0 Å². The summed E-state index contributed by atoms with van der Waals surface area (Å²) < 4.78 is 14.1. The maximum atomic E-state index is 13.2. The van der Waals surface area contributed by atoms with E-state index < -0.39 is 0 Å². The second-order valence-corrected chi connectivity index (χ2v) is 7.33. The molecule has 0 saturated carbocycles. The minimum absolute atomic E-state index is 0.166. The first-order valence-corrected chi connectivity index (χ1v) is 8.11. The van der Waals surface area contributed by atoms with E-state index >= 15 is 0 Å². The van der Waals surface area contributed by atoms with Gasteiger partial charge in [-0.15, -0.1) is 0 Å². The number of halogens is 2. The van der Waals surface area contributed by atoms with Crippen molar-refractivity contribution >= 4 is 15.9 Å². The summed E-state index contributed by atoms with van der Waals surface area (Å²) in [6.07, 6.45) is 3.63. The second-order valence-electron chi connectivity index (χ2n) is 6.47. The van der Waals surface area contributed by atoms with Crippen molar-refractivity contribution < 1.29 is 4.39 Å². The molecule has 0 spiro atoms. The first-order valence-electron chi connectivity index (χ1n) is 7.32. The van der Waals surface area contributed by atoms with E-state index in [2.05, 4.69) is 34.7 Å². The van der Waals surface area contributed by atoms with E-state index in [1.165, 1.54) is 31.4 Å². The van der Waals surface area contributed by atoms with Crippen LogP contribution in [0.5, 0.6) is 0 Å². The van der Waals surface area contributed by atoms with E-state index in [0.717, 1.165) is 23.1 Å². The quantitative estimate of drug-likeness (QED) is 0.895. The van der Waals surface area contributed by atoms with Crippen LogP contribution in [0.4, 0.5) is 4.39 Å². The van der Waals surface area contributed by atoms with Gasteiger partial charge in [0.25, 0.3) is 0 Å². The number of benzene rings is 1. The molecule has 2 rings (SSSR count). The third kappa shape index (κ3) is 3.80. The second kappa shape index (κ2) is 6.54. The summed E-state index contributed by atoms with van der Waals surface area (Å²) in [5.41, 5.74) is 7.51. The van der Waals surface area contributed by atoms with Gasteiger partial charge >= 0.3 is 0 Å². The maximum Gasteiger partial charge on any atom is 0.124 e. The predicted octanol–water partition coefficient (Wildman–Crippen LogP) is 4.10. The van der Waals surface area contributed by atoms with Gasteiger partial charge in [-0.2, -0.15) is 0 Å². The lowest BCUT2D eigenvalue weighted by Crippen LogP contribution is -2.35. The van der Waals surface area contributed by atoms with E-state index in [-0.39, 0.29) is 11.9 Å². The maximum absolute atomic E-state index is 13.2. The minimum Gasteiger partial charge on any atom is -0.329 e. The van der Waals surface area contributed by atoms with Crippen molar-refractivity contribution in [2.45, 2.75) is 39.2 Å². The lowest BCUT2D eigenvalue weighted by molar-refractivity contribution is 0.199. The Balaban J connectivity index is 2.19. The molecule has 0 aromatic heterocycles. The Kier molecular flexibility index (Phi) is 5.21. The van der Waals surface area contributed by atoms with Crippen molar-refractivity contribution in [2.24, 2.45) is 11.1 Å². The highest BCUT2D eigenvalue weighted by atomic mass is 79.9. The topological polar surface area (TPSA) is 29.3 Å². The molecule has 0 bridgehead atoms. The average molecular weight is 343 g/mol. The van der Waals surface area contributed by atoms with Crippen LogP contribution in [0.1, 0.15) is 44.7 Å². The van der Waals surface area contributed by atoms with Gasteiger partial charge < -0.3 is 5.73 Å². The zero-order valence-electron chi connectivity index (χ0n) is 12.3. The summed E-state index contributed by atoms with van der Waals surface area (Å²) >= 11 is 3.47. The zero-order valence-corrected chi connectivity index (χ0v) is 13.9. The summed E-state index contributed by atoms with van der Waals surface area (Å²) in [6, 6.07) is 5.07. The summed E-state index contributed by atoms with van der Waals surface area (Å²) in [7, 11) is 0. The van der Waals surface area contributed by atoms with Crippen molar-refractivity contribution in [3.63, 3.8) is 0 Å². The highest BCUT2D eigenvalue weighted by molar-refractivity contribution is 9.10. The molecule has 4 heteroatoms. The molecule has 1 atom stereocenters. The molecule has 112 valence electrons. The van der Waals surface area contributed by atoms with E-state index in [4.69, 9.17) is 5.73 Å². The van der Waals surface area contributed by atoms with Crippen LogP contribution in [-0.2, 0) is 0 Å². The normalized spacial score (nSPS) is 21.4. The highest BCUT2D eigenvalue weighted by Gasteiger charge is 2.27. The molecular formula is C16H24BrFN2. The lowest BCUT2D eigenvalue weighted by Gasteiger charge is -2.31. The Morgan fingerprint density at radius 3 is 2.75 bits per heavy atom. The van der Waals surface area contributed by atoms with Crippen LogP contribution in [0.2, 0.25) is 0 Å². The fourth-order valence-electron chi connectivity index (χ4n) is 3.00. The number of nitrogens with zero attached hydrogens (tertiary/aromatic N) is 1. The van der Waals surface area contributed by atoms with Gasteiger partial charge in [-0.1, -0.05) is 35.8 Å². The molecule has 1 unspecified atom stereocenters. The predicted molar refractivity (Wildman–Crippen MR) is 85.1 cm³/mol. The van der Waals surface area contributed by atoms with Crippen LogP contribution in [0, 0.1) is 11.2 Å². The van der Waals surface area contributed by atoms with Crippen LogP contribution in [-0.4, -0.2) is 24.5 Å². The van der Waals surface area contributed by atoms with Crippen LogP contribution in [0.15, 0.2) is 22.7 Å². The van der Waals surface area contributed by atoms with E-state index in [1.807, 2.05) is 6.07 Å². The van der Waals surface area contributed by atoms with Gasteiger partial charge in [0, 0.05) is 17.1 Å². The molecule has 0 radical (unpaired) electrons. The molecule has 1 aromatic carbocycles. The molecule has 1 saturated heterocycles. The average Bonchev–Trinajstić information content (AvgIpc) is 2.54. The summed E-state index contributed by atoms with van der Waals surface area (Å²) in [6.45, 7) is 7.35. The van der Waals surface area contributed by atoms with Crippen molar-refractivity contribution in [1.82, 2.24) is 4.90 Å². The molecule has 1 aromatic rings. The Morgan fingerprint density at radius 1 is 1.35 bits per heavy atom. The van der Waals surface area contributed by atoms with Gasteiger partial charge in [-0.25, -0.2) is 4.39 Å². The molecule has 2 nitrogen and oxygen atoms in total. The first kappa shape index (κ1) is 15.9. The van der Waals surface area contributed by atoms with E-state index in [1.54, 1.807) is 0 Å². The van der Waals surface area contributed by atoms with Crippen molar-refractivity contribution in [2.75, 3.05) is 19.6 Å². The number of rotatable bonds is 3. The zero-order chi connectivity index (χ0) is 14.8. The van der Waals surface area contributed by atoms with Gasteiger partial charge in [0.15, 0.2) is 0 Å². The van der Waals surface area contributed by atoms with Crippen LogP contribution in [0.3, 0.4) is 0 Å². The highest BCUT2D eigenvalue weighted by Crippen LogP contribution is 2.34. The van der Waals surface area contributed by atoms with E-state index in [9.17, 15) is 4.39 Å². The third-order valence-electron chi connectivity index (χ3n) is 4.36. The van der Waals surface area contributed by atoms with Gasteiger partial charge in [0.2, 0.25) is 0 Å². The van der Waals surface area contributed by atoms with Gasteiger partial charge in [-0.05, 0) is 55.5 Å². The molecular weight excluding hydrogens is 319 g/mol. The number of nitrogens with two attached hydrogens (primary N) is 1. The Labute approximate surface area is 129 Å². The monoisotopic (exact) mass is 342 g/mol. The summed E-state index contributed by atoms with van der Waals surface area (Å²) in [4.78, 5) is 2.45. The Bertz CT molecular complexity index is 462. The van der Waals surface area contributed by atoms with Gasteiger partial charge in [0.1, 0.15) is 5.82 Å². The van der Waals surface area contributed by atoms with Crippen molar-refractivity contribution in [3.8, 4) is 0 Å². The molecule has 20 heavy (non-hydrogen) atoms. The molecule has 2 N–H and O–H groups in total. The molecule has 1 aliphatic rings. The molecule has 1 fully saturated rings. The van der Waals surface area contributed by atoms with Gasteiger partial charge in [-0.3, -0.25) is 4.90 Å². The van der Waals surface area contributed by atoms with E-state index in [0.29, 0.717) is 12.0 Å².